The molecule has 10 heteroatoms. The molecule has 2 aromatic rings. The average molecular weight is 612 g/mol. The minimum Gasteiger partial charge on any atom is -0.444 e. The molecule has 1 N–H and O–H groups in total. The van der Waals surface area contributed by atoms with Gasteiger partial charge in [-0.1, -0.05) is 81.3 Å². The number of carbonyl (C=O) groups is 2. The van der Waals surface area contributed by atoms with Gasteiger partial charge in [-0.15, -0.1) is 4.99 Å². The molecule has 44 heavy (non-hydrogen) atoms. The van der Waals surface area contributed by atoms with Crippen molar-refractivity contribution in [3.63, 3.8) is 0 Å². The molecule has 0 spiro atoms. The first kappa shape index (κ1) is 35.1. The van der Waals surface area contributed by atoms with Crippen LogP contribution >= 0.6 is 0 Å². The van der Waals surface area contributed by atoms with E-state index in [4.69, 9.17) is 19.0 Å². The van der Waals surface area contributed by atoms with Crippen molar-refractivity contribution >= 4 is 18.1 Å². The Morgan fingerprint density at radius 1 is 0.955 bits per heavy atom. The number of nitrogens with one attached hydrogen (secondary N) is 1. The molecule has 0 radical (unpaired) electrons. The van der Waals surface area contributed by atoms with Crippen molar-refractivity contribution in [3.8, 4) is 11.4 Å². The highest BCUT2D eigenvalue weighted by Crippen LogP contribution is 2.28. The molecular weight excluding hydrogens is 558 g/mol. The summed E-state index contributed by atoms with van der Waals surface area (Å²) in [6, 6.07) is 8.41. The maximum atomic E-state index is 12.6. The Balaban J connectivity index is 1.61. The lowest BCUT2D eigenvalue weighted by Crippen LogP contribution is -2.49. The van der Waals surface area contributed by atoms with Crippen molar-refractivity contribution in [2.75, 3.05) is 13.1 Å². The number of aliphatic imine (C=N–C) groups is 1. The monoisotopic (exact) mass is 611 g/mol. The van der Waals surface area contributed by atoms with E-state index in [1.807, 2.05) is 4.90 Å². The largest absolute Gasteiger partial charge is 0.444 e. The summed E-state index contributed by atoms with van der Waals surface area (Å²) in [6.07, 6.45) is 11.7. The summed E-state index contributed by atoms with van der Waals surface area (Å²) in [5, 5.41) is 6.90. The van der Waals surface area contributed by atoms with Crippen LogP contribution < -0.4 is 5.32 Å². The zero-order valence-electron chi connectivity index (χ0n) is 27.9. The second-order valence-electron chi connectivity index (χ2n) is 13.7. The third-order valence-corrected chi connectivity index (χ3v) is 7.25. The highest BCUT2D eigenvalue weighted by molar-refractivity contribution is 5.99. The number of likely N-dealkylation sites (tertiary alicyclic amines) is 1. The molecule has 1 fully saturated rings. The normalized spacial score (nSPS) is 16.1. The first-order valence-electron chi connectivity index (χ1n) is 16.3. The van der Waals surface area contributed by atoms with Crippen LogP contribution in [0.2, 0.25) is 0 Å². The van der Waals surface area contributed by atoms with E-state index in [1.165, 1.54) is 56.9 Å². The van der Waals surface area contributed by atoms with Crippen LogP contribution in [0.1, 0.15) is 130 Å². The van der Waals surface area contributed by atoms with Gasteiger partial charge in [0.15, 0.2) is 0 Å². The lowest BCUT2D eigenvalue weighted by Gasteiger charge is -2.33. The van der Waals surface area contributed by atoms with Gasteiger partial charge in [0, 0.05) is 18.7 Å². The summed E-state index contributed by atoms with van der Waals surface area (Å²) < 4.78 is 16.5. The SMILES string of the molecule is CCCCCCCCCCc1ccc(-c2noc([C@H]3CCCN(C(=NC(=O)OC(C)(C)C)NC(=O)OC(C)(C)C)C3)n2)cc1. The van der Waals surface area contributed by atoms with E-state index in [0.717, 1.165) is 24.8 Å². The van der Waals surface area contributed by atoms with Crippen molar-refractivity contribution in [2.24, 2.45) is 4.99 Å². The third-order valence-electron chi connectivity index (χ3n) is 7.25. The number of carbonyl (C=O) groups excluding carboxylic acids is 2. The number of rotatable bonds is 11. The number of nitrogens with zero attached hydrogens (tertiary/aromatic N) is 4. The molecule has 1 aromatic carbocycles. The van der Waals surface area contributed by atoms with E-state index >= 15 is 0 Å². The molecule has 0 saturated carbocycles. The van der Waals surface area contributed by atoms with E-state index in [1.54, 1.807) is 41.5 Å². The lowest BCUT2D eigenvalue weighted by molar-refractivity contribution is 0.0552. The minimum atomic E-state index is -0.795. The molecular formula is C34H53N5O5. The Morgan fingerprint density at radius 3 is 2.23 bits per heavy atom. The molecule has 0 aliphatic carbocycles. The number of amides is 2. The van der Waals surface area contributed by atoms with E-state index in [-0.39, 0.29) is 11.9 Å². The van der Waals surface area contributed by atoms with Gasteiger partial charge in [-0.05, 0) is 72.8 Å². The summed E-state index contributed by atoms with van der Waals surface area (Å²) in [4.78, 5) is 35.8. The topological polar surface area (TPSA) is 119 Å². The molecule has 244 valence electrons. The fourth-order valence-electron chi connectivity index (χ4n) is 5.12. The quantitative estimate of drug-likeness (QED) is 0.153. The molecule has 0 bridgehead atoms. The van der Waals surface area contributed by atoms with Crippen LogP contribution in [0, 0.1) is 0 Å². The van der Waals surface area contributed by atoms with Gasteiger partial charge in [0.1, 0.15) is 11.2 Å². The zero-order valence-corrected chi connectivity index (χ0v) is 27.9. The molecule has 10 nitrogen and oxygen atoms in total. The van der Waals surface area contributed by atoms with Crippen LogP contribution in [-0.4, -0.2) is 57.5 Å². The number of ether oxygens (including phenoxy) is 2. The molecule has 1 saturated heterocycles. The van der Waals surface area contributed by atoms with E-state index in [2.05, 4.69) is 46.7 Å². The van der Waals surface area contributed by atoms with Gasteiger partial charge in [0.25, 0.3) is 0 Å². The molecule has 2 heterocycles. The smallest absolute Gasteiger partial charge is 0.437 e. The van der Waals surface area contributed by atoms with Gasteiger partial charge in [-0.25, -0.2) is 9.59 Å². The molecule has 3 rings (SSSR count). The Hall–Kier alpha value is -3.43. The summed E-state index contributed by atoms with van der Waals surface area (Å²) in [5.74, 6) is 1.03. The van der Waals surface area contributed by atoms with Gasteiger partial charge >= 0.3 is 12.2 Å². The molecule has 1 aliphatic rings. The first-order chi connectivity index (χ1) is 20.8. The minimum absolute atomic E-state index is 0.0741. The van der Waals surface area contributed by atoms with Crippen LogP contribution in [0.5, 0.6) is 0 Å². The predicted octanol–water partition coefficient (Wildman–Crippen LogP) is 8.42. The van der Waals surface area contributed by atoms with Crippen molar-refractivity contribution in [1.29, 1.82) is 0 Å². The maximum Gasteiger partial charge on any atom is 0.437 e. The maximum absolute atomic E-state index is 12.6. The molecule has 1 aliphatic heterocycles. The number of alkyl carbamates (subject to hydrolysis) is 1. The number of benzene rings is 1. The average Bonchev–Trinajstić information content (AvgIpc) is 3.43. The van der Waals surface area contributed by atoms with Crippen molar-refractivity contribution < 1.29 is 23.6 Å². The number of piperidine rings is 1. The number of hydrogen-bond acceptors (Lipinski definition) is 7. The molecule has 1 atom stereocenters. The van der Waals surface area contributed by atoms with Crippen LogP contribution in [0.25, 0.3) is 11.4 Å². The van der Waals surface area contributed by atoms with Crippen LogP contribution in [-0.2, 0) is 15.9 Å². The number of aryl methyl sites for hydroxylation is 1. The van der Waals surface area contributed by atoms with Crippen LogP contribution in [0.3, 0.4) is 0 Å². The molecule has 1 aromatic heterocycles. The van der Waals surface area contributed by atoms with E-state index in [0.29, 0.717) is 24.8 Å². The summed E-state index contributed by atoms with van der Waals surface area (Å²) in [7, 11) is 0. The lowest BCUT2D eigenvalue weighted by atomic mass is 9.98. The van der Waals surface area contributed by atoms with Crippen LogP contribution in [0.4, 0.5) is 9.59 Å². The van der Waals surface area contributed by atoms with Crippen molar-refractivity contribution in [2.45, 2.75) is 136 Å². The van der Waals surface area contributed by atoms with Crippen molar-refractivity contribution in [3.05, 3.63) is 35.7 Å². The first-order valence-corrected chi connectivity index (χ1v) is 16.3. The van der Waals surface area contributed by atoms with Gasteiger partial charge < -0.3 is 18.9 Å². The second-order valence-corrected chi connectivity index (χ2v) is 13.7. The van der Waals surface area contributed by atoms with Gasteiger partial charge in [0.05, 0.1) is 5.92 Å². The van der Waals surface area contributed by atoms with Crippen molar-refractivity contribution in [1.82, 2.24) is 20.4 Å². The Bertz CT molecular complexity index is 1210. The van der Waals surface area contributed by atoms with Gasteiger partial charge in [-0.2, -0.15) is 4.98 Å². The van der Waals surface area contributed by atoms with E-state index < -0.39 is 23.4 Å². The van der Waals surface area contributed by atoms with E-state index in [9.17, 15) is 9.59 Å². The number of guanidine groups is 1. The fourth-order valence-corrected chi connectivity index (χ4v) is 5.12. The van der Waals surface area contributed by atoms with Crippen LogP contribution in [0.15, 0.2) is 33.8 Å². The van der Waals surface area contributed by atoms with Gasteiger partial charge in [-0.3, -0.25) is 5.32 Å². The molecule has 2 amide bonds. The Morgan fingerprint density at radius 2 is 1.59 bits per heavy atom. The Kier molecular flexibility index (Phi) is 13.2. The number of aromatic nitrogens is 2. The second kappa shape index (κ2) is 16.6. The predicted molar refractivity (Wildman–Crippen MR) is 173 cm³/mol. The summed E-state index contributed by atoms with van der Waals surface area (Å²) in [5.41, 5.74) is 0.789. The number of hydrogen-bond donors (Lipinski definition) is 1. The van der Waals surface area contributed by atoms with Gasteiger partial charge in [0.2, 0.25) is 17.7 Å². The number of unbranched alkanes of at least 4 members (excludes halogenated alkanes) is 7. The standard InChI is InChI=1S/C34H53N5O5/c1-8-9-10-11-12-13-14-15-17-25-19-21-26(22-20-25)28-35-29(44-38-28)27-18-16-23-39(24-27)30(36-31(40)42-33(2,3)4)37-32(41)43-34(5,6)7/h19-22,27H,8-18,23-24H2,1-7H3,(H,36,37,40,41)/t27-/m0/s1. The molecule has 0 unspecified atom stereocenters. The summed E-state index contributed by atoms with van der Waals surface area (Å²) in [6.45, 7) is 13.9. The third kappa shape index (κ3) is 12.7. The zero-order chi connectivity index (χ0) is 32.2. The highest BCUT2D eigenvalue weighted by atomic mass is 16.6. The highest BCUT2D eigenvalue weighted by Gasteiger charge is 2.30. The Labute approximate surface area is 263 Å². The fraction of sp³-hybridized carbons (Fsp3) is 0.676. The summed E-state index contributed by atoms with van der Waals surface area (Å²) >= 11 is 0.